The first-order chi connectivity index (χ1) is 11.6. The van der Waals surface area contributed by atoms with Crippen LogP contribution in [0.1, 0.15) is 37.7 Å². The Morgan fingerprint density at radius 1 is 1.21 bits per heavy atom. The predicted molar refractivity (Wildman–Crippen MR) is 89.5 cm³/mol. The van der Waals surface area contributed by atoms with Crippen molar-refractivity contribution in [3.63, 3.8) is 0 Å². The highest BCUT2D eigenvalue weighted by atomic mass is 16.6. The van der Waals surface area contributed by atoms with E-state index in [1.54, 1.807) is 12.1 Å². The number of non-ortho nitro benzene ring substituents is 1. The number of nitro benzene ring substituents is 1. The molecule has 130 valence electrons. The van der Waals surface area contributed by atoms with E-state index in [9.17, 15) is 19.7 Å². The maximum atomic E-state index is 11.9. The number of nitrogens with one attached hydrogen (secondary N) is 1. The summed E-state index contributed by atoms with van der Waals surface area (Å²) in [5.74, 6) is 0.0933. The van der Waals surface area contributed by atoms with Crippen molar-refractivity contribution in [3.05, 3.63) is 39.9 Å². The van der Waals surface area contributed by atoms with Crippen LogP contribution in [0.2, 0.25) is 0 Å². The van der Waals surface area contributed by atoms with Crippen LogP contribution in [0.25, 0.3) is 0 Å². The Morgan fingerprint density at radius 2 is 1.96 bits per heavy atom. The predicted octanol–water partition coefficient (Wildman–Crippen LogP) is 2.05. The van der Waals surface area contributed by atoms with Crippen molar-refractivity contribution in [1.29, 1.82) is 0 Å². The number of amides is 2. The van der Waals surface area contributed by atoms with Crippen molar-refractivity contribution in [3.8, 4) is 0 Å². The van der Waals surface area contributed by atoms with Gasteiger partial charge in [-0.2, -0.15) is 0 Å². The van der Waals surface area contributed by atoms with Gasteiger partial charge < -0.3 is 10.2 Å². The van der Waals surface area contributed by atoms with Crippen LogP contribution in [0.3, 0.4) is 0 Å². The molecule has 2 amide bonds. The van der Waals surface area contributed by atoms with Crippen molar-refractivity contribution >= 4 is 17.5 Å². The number of carbonyl (C=O) groups is 2. The molecule has 0 atom stereocenters. The summed E-state index contributed by atoms with van der Waals surface area (Å²) in [7, 11) is 0. The fourth-order valence-corrected chi connectivity index (χ4v) is 2.76. The van der Waals surface area contributed by atoms with E-state index in [2.05, 4.69) is 5.32 Å². The first kappa shape index (κ1) is 17.9. The number of hydrogen-bond acceptors (Lipinski definition) is 4. The second kappa shape index (κ2) is 9.00. The van der Waals surface area contributed by atoms with Crippen molar-refractivity contribution in [2.24, 2.45) is 0 Å². The minimum absolute atomic E-state index is 0.0151. The molecule has 24 heavy (non-hydrogen) atoms. The molecule has 1 aliphatic rings. The van der Waals surface area contributed by atoms with Crippen LogP contribution in [-0.4, -0.2) is 41.3 Å². The molecule has 0 aromatic heterocycles. The second-order valence-corrected chi connectivity index (χ2v) is 6.00. The van der Waals surface area contributed by atoms with Gasteiger partial charge in [0.15, 0.2) is 0 Å². The van der Waals surface area contributed by atoms with Gasteiger partial charge in [0.25, 0.3) is 5.69 Å². The monoisotopic (exact) mass is 333 g/mol. The smallest absolute Gasteiger partial charge is 0.269 e. The molecule has 2 rings (SSSR count). The Balaban J connectivity index is 1.67. The molecule has 1 fully saturated rings. The maximum Gasteiger partial charge on any atom is 0.269 e. The molecule has 1 aliphatic heterocycles. The highest BCUT2D eigenvalue weighted by Gasteiger charge is 2.15. The lowest BCUT2D eigenvalue weighted by atomic mass is 10.1. The topological polar surface area (TPSA) is 92.5 Å². The molecule has 0 bridgehead atoms. The Labute approximate surface area is 141 Å². The fourth-order valence-electron chi connectivity index (χ4n) is 2.76. The molecular formula is C17H23N3O4. The normalized spacial score (nSPS) is 15.0. The highest BCUT2D eigenvalue weighted by Crippen LogP contribution is 2.12. The minimum Gasteiger partial charge on any atom is -0.356 e. The van der Waals surface area contributed by atoms with Gasteiger partial charge in [0.1, 0.15) is 0 Å². The SMILES string of the molecule is O=C(Cc1ccc([N+](=O)[O-])cc1)NCCCN1CCCCCC1=O. The van der Waals surface area contributed by atoms with Gasteiger partial charge >= 0.3 is 0 Å². The van der Waals surface area contributed by atoms with Crippen molar-refractivity contribution < 1.29 is 14.5 Å². The van der Waals surface area contributed by atoms with Crippen molar-refractivity contribution in [2.45, 2.75) is 38.5 Å². The zero-order valence-corrected chi connectivity index (χ0v) is 13.7. The average molecular weight is 333 g/mol. The van der Waals surface area contributed by atoms with Gasteiger partial charge in [-0.3, -0.25) is 19.7 Å². The van der Waals surface area contributed by atoms with Gasteiger partial charge in [-0.25, -0.2) is 0 Å². The van der Waals surface area contributed by atoms with Gasteiger partial charge in [0, 0.05) is 38.2 Å². The maximum absolute atomic E-state index is 11.9. The summed E-state index contributed by atoms with van der Waals surface area (Å²) in [4.78, 5) is 35.7. The third-order valence-electron chi connectivity index (χ3n) is 4.11. The Bertz CT molecular complexity index is 586. The number of carbonyl (C=O) groups excluding carboxylic acids is 2. The third-order valence-corrected chi connectivity index (χ3v) is 4.11. The third kappa shape index (κ3) is 5.64. The molecule has 7 nitrogen and oxygen atoms in total. The molecule has 0 radical (unpaired) electrons. The summed E-state index contributed by atoms with van der Waals surface area (Å²) in [5.41, 5.74) is 0.752. The minimum atomic E-state index is -0.464. The molecule has 1 N–H and O–H groups in total. The van der Waals surface area contributed by atoms with Crippen LogP contribution < -0.4 is 5.32 Å². The van der Waals surface area contributed by atoms with E-state index < -0.39 is 4.92 Å². The van der Waals surface area contributed by atoms with Gasteiger partial charge in [0.2, 0.25) is 11.8 Å². The standard InChI is InChI=1S/C17H23N3O4/c21-16(13-14-6-8-15(9-7-14)20(23)24)18-10-4-12-19-11-3-1-2-5-17(19)22/h6-9H,1-5,10-13H2,(H,18,21). The molecular weight excluding hydrogens is 310 g/mol. The van der Waals surface area contributed by atoms with E-state index in [-0.39, 0.29) is 23.9 Å². The van der Waals surface area contributed by atoms with E-state index in [1.165, 1.54) is 12.1 Å². The molecule has 0 unspecified atom stereocenters. The van der Waals surface area contributed by atoms with E-state index >= 15 is 0 Å². The lowest BCUT2D eigenvalue weighted by Gasteiger charge is -2.20. The number of rotatable bonds is 7. The number of nitro groups is 1. The van der Waals surface area contributed by atoms with Crippen molar-refractivity contribution in [2.75, 3.05) is 19.6 Å². The molecule has 1 aromatic rings. The van der Waals surface area contributed by atoms with Crippen LogP contribution in [0, 0.1) is 10.1 Å². The molecule has 0 spiro atoms. The van der Waals surface area contributed by atoms with Crippen molar-refractivity contribution in [1.82, 2.24) is 10.2 Å². The number of likely N-dealkylation sites (tertiary alicyclic amines) is 1. The Kier molecular flexibility index (Phi) is 6.72. The zero-order valence-electron chi connectivity index (χ0n) is 13.7. The van der Waals surface area contributed by atoms with E-state index in [0.29, 0.717) is 19.5 Å². The molecule has 0 aliphatic carbocycles. The van der Waals surface area contributed by atoms with Crippen LogP contribution in [-0.2, 0) is 16.0 Å². The van der Waals surface area contributed by atoms with Gasteiger partial charge in [-0.05, 0) is 24.8 Å². The summed E-state index contributed by atoms with van der Waals surface area (Å²) in [6.07, 6.45) is 4.69. The number of nitrogens with zero attached hydrogens (tertiary/aromatic N) is 2. The molecule has 7 heteroatoms. The molecule has 1 saturated heterocycles. The molecule has 0 saturated carbocycles. The van der Waals surface area contributed by atoms with Crippen LogP contribution in [0.5, 0.6) is 0 Å². The summed E-state index contributed by atoms with van der Waals surface area (Å²) in [6.45, 7) is 2.02. The summed E-state index contributed by atoms with van der Waals surface area (Å²) >= 11 is 0. The molecule has 1 heterocycles. The van der Waals surface area contributed by atoms with Crippen LogP contribution in [0.15, 0.2) is 24.3 Å². The first-order valence-electron chi connectivity index (χ1n) is 8.34. The number of benzene rings is 1. The van der Waals surface area contributed by atoms with E-state index in [4.69, 9.17) is 0 Å². The first-order valence-corrected chi connectivity index (χ1v) is 8.34. The van der Waals surface area contributed by atoms with E-state index in [0.717, 1.165) is 37.8 Å². The van der Waals surface area contributed by atoms with Crippen LogP contribution in [0.4, 0.5) is 5.69 Å². The molecule has 1 aromatic carbocycles. The summed E-state index contributed by atoms with van der Waals surface area (Å²) in [6, 6.07) is 5.97. The second-order valence-electron chi connectivity index (χ2n) is 6.00. The average Bonchev–Trinajstić information content (AvgIpc) is 2.76. The van der Waals surface area contributed by atoms with Gasteiger partial charge in [-0.1, -0.05) is 18.6 Å². The van der Waals surface area contributed by atoms with Gasteiger partial charge in [-0.15, -0.1) is 0 Å². The van der Waals surface area contributed by atoms with E-state index in [1.807, 2.05) is 4.90 Å². The highest BCUT2D eigenvalue weighted by molar-refractivity contribution is 5.78. The van der Waals surface area contributed by atoms with Crippen LogP contribution >= 0.6 is 0 Å². The quantitative estimate of drug-likeness (QED) is 0.469. The number of hydrogen-bond donors (Lipinski definition) is 1. The summed E-state index contributed by atoms with van der Waals surface area (Å²) in [5, 5.41) is 13.4. The fraction of sp³-hybridized carbons (Fsp3) is 0.529. The lowest BCUT2D eigenvalue weighted by molar-refractivity contribution is -0.384. The largest absolute Gasteiger partial charge is 0.356 e. The summed E-state index contributed by atoms with van der Waals surface area (Å²) < 4.78 is 0. The Hall–Kier alpha value is -2.44. The Morgan fingerprint density at radius 3 is 2.67 bits per heavy atom. The van der Waals surface area contributed by atoms with Gasteiger partial charge in [0.05, 0.1) is 11.3 Å². The lowest BCUT2D eigenvalue weighted by Crippen LogP contribution is -2.34. The zero-order chi connectivity index (χ0) is 17.4.